The van der Waals surface area contributed by atoms with Gasteiger partial charge in [-0.1, -0.05) is 24.3 Å². The standard InChI is InChI=1S/C13H14N2/c1-13(2)9-10-5-3-4-6-11(10)12(15-13)7-8-14/h3-6H,7,9H2,1-2H3. The Morgan fingerprint density at radius 1 is 1.40 bits per heavy atom. The normalized spacial score (nSPS) is 17.5. The highest BCUT2D eigenvalue weighted by Gasteiger charge is 2.25. The molecule has 1 aliphatic heterocycles. The molecule has 1 aliphatic rings. The molecule has 0 saturated heterocycles. The Morgan fingerprint density at radius 2 is 2.13 bits per heavy atom. The molecule has 0 radical (unpaired) electrons. The molecule has 1 heterocycles. The van der Waals surface area contributed by atoms with Crippen molar-refractivity contribution in [1.82, 2.24) is 0 Å². The molecule has 0 bridgehead atoms. The second-order valence-electron chi connectivity index (χ2n) is 4.54. The Kier molecular flexibility index (Phi) is 2.32. The molecule has 0 N–H and O–H groups in total. The molecule has 0 amide bonds. The lowest BCUT2D eigenvalue weighted by molar-refractivity contribution is 0.512. The van der Waals surface area contributed by atoms with Crippen molar-refractivity contribution in [2.75, 3.05) is 0 Å². The first-order chi connectivity index (χ1) is 7.12. The number of fused-ring (bicyclic) bond motifs is 1. The molecule has 15 heavy (non-hydrogen) atoms. The molecule has 1 aromatic rings. The maximum Gasteiger partial charge on any atom is 0.0776 e. The van der Waals surface area contributed by atoms with Crippen LogP contribution in [0.5, 0.6) is 0 Å². The SMILES string of the molecule is CC1(C)Cc2ccccc2C(CC#N)=N1. The number of aliphatic imine (C=N–C) groups is 1. The maximum absolute atomic E-state index is 8.78. The number of rotatable bonds is 1. The van der Waals surface area contributed by atoms with Crippen LogP contribution < -0.4 is 0 Å². The zero-order chi connectivity index (χ0) is 10.9. The Hall–Kier alpha value is -1.62. The molecule has 0 unspecified atom stereocenters. The van der Waals surface area contributed by atoms with Crippen molar-refractivity contribution in [3.05, 3.63) is 35.4 Å². The molecule has 2 heteroatoms. The van der Waals surface area contributed by atoms with Gasteiger partial charge >= 0.3 is 0 Å². The minimum atomic E-state index is -0.0689. The summed E-state index contributed by atoms with van der Waals surface area (Å²) >= 11 is 0. The van der Waals surface area contributed by atoms with Crippen molar-refractivity contribution >= 4 is 5.71 Å². The highest BCUT2D eigenvalue weighted by atomic mass is 14.9. The predicted octanol–water partition coefficient (Wildman–Crippen LogP) is 2.72. The molecule has 0 fully saturated rings. The summed E-state index contributed by atoms with van der Waals surface area (Å²) in [5.41, 5.74) is 3.33. The lowest BCUT2D eigenvalue weighted by Crippen LogP contribution is -2.28. The maximum atomic E-state index is 8.78. The molecule has 2 rings (SSSR count). The Bertz CT molecular complexity index is 450. The number of hydrogen-bond acceptors (Lipinski definition) is 2. The topological polar surface area (TPSA) is 36.1 Å². The largest absolute Gasteiger partial charge is 0.282 e. The lowest BCUT2D eigenvalue weighted by Gasteiger charge is -2.28. The summed E-state index contributed by atoms with van der Waals surface area (Å²) in [5, 5.41) is 8.78. The summed E-state index contributed by atoms with van der Waals surface area (Å²) in [6, 6.07) is 10.4. The van der Waals surface area contributed by atoms with Crippen molar-refractivity contribution < 1.29 is 0 Å². The van der Waals surface area contributed by atoms with E-state index >= 15 is 0 Å². The second-order valence-corrected chi connectivity index (χ2v) is 4.54. The monoisotopic (exact) mass is 198 g/mol. The average molecular weight is 198 g/mol. The zero-order valence-corrected chi connectivity index (χ0v) is 9.12. The van der Waals surface area contributed by atoms with Crippen LogP contribution in [0.3, 0.4) is 0 Å². The van der Waals surface area contributed by atoms with E-state index in [0.717, 1.165) is 17.7 Å². The van der Waals surface area contributed by atoms with Crippen molar-refractivity contribution in [2.45, 2.75) is 32.2 Å². The summed E-state index contributed by atoms with van der Waals surface area (Å²) in [7, 11) is 0. The Labute approximate surface area is 90.3 Å². The van der Waals surface area contributed by atoms with Crippen molar-refractivity contribution in [2.24, 2.45) is 4.99 Å². The molecule has 1 aromatic carbocycles. The van der Waals surface area contributed by atoms with Gasteiger partial charge in [-0.2, -0.15) is 5.26 Å². The number of nitrogens with zero attached hydrogens (tertiary/aromatic N) is 2. The number of hydrogen-bond donors (Lipinski definition) is 0. The van der Waals surface area contributed by atoms with Crippen LogP contribution in [0.25, 0.3) is 0 Å². The molecule has 0 spiro atoms. The fraction of sp³-hybridized carbons (Fsp3) is 0.385. The summed E-state index contributed by atoms with van der Waals surface area (Å²) in [4.78, 5) is 4.64. The first-order valence-electron chi connectivity index (χ1n) is 5.16. The molecule has 0 saturated carbocycles. The second kappa shape index (κ2) is 3.51. The van der Waals surface area contributed by atoms with E-state index in [1.54, 1.807) is 0 Å². The summed E-state index contributed by atoms with van der Waals surface area (Å²) in [5.74, 6) is 0. The fourth-order valence-corrected chi connectivity index (χ4v) is 2.10. The van der Waals surface area contributed by atoms with E-state index in [-0.39, 0.29) is 5.54 Å². The van der Waals surface area contributed by atoms with Gasteiger partial charge in [-0.3, -0.25) is 4.99 Å². The summed E-state index contributed by atoms with van der Waals surface area (Å²) in [6.45, 7) is 4.22. The quantitative estimate of drug-likeness (QED) is 0.683. The van der Waals surface area contributed by atoms with Crippen LogP contribution in [0.15, 0.2) is 29.3 Å². The van der Waals surface area contributed by atoms with E-state index in [1.807, 2.05) is 12.1 Å². The van der Waals surface area contributed by atoms with E-state index in [9.17, 15) is 0 Å². The number of nitriles is 1. The molecule has 0 atom stereocenters. The first-order valence-corrected chi connectivity index (χ1v) is 5.16. The smallest absolute Gasteiger partial charge is 0.0776 e. The molecular formula is C13H14N2. The van der Waals surface area contributed by atoms with Crippen molar-refractivity contribution in [3.63, 3.8) is 0 Å². The molecule has 76 valence electrons. The van der Waals surface area contributed by atoms with E-state index < -0.39 is 0 Å². The Balaban J connectivity index is 2.51. The Morgan fingerprint density at radius 3 is 2.87 bits per heavy atom. The summed E-state index contributed by atoms with van der Waals surface area (Å²) < 4.78 is 0. The van der Waals surface area contributed by atoms with Crippen molar-refractivity contribution in [3.8, 4) is 6.07 Å². The van der Waals surface area contributed by atoms with Gasteiger partial charge < -0.3 is 0 Å². The van der Waals surface area contributed by atoms with Gasteiger partial charge in [-0.05, 0) is 31.4 Å². The van der Waals surface area contributed by atoms with Gasteiger partial charge in [-0.25, -0.2) is 0 Å². The number of benzene rings is 1. The van der Waals surface area contributed by atoms with E-state index in [2.05, 4.69) is 37.0 Å². The van der Waals surface area contributed by atoms with Crippen LogP contribution in [0.4, 0.5) is 0 Å². The first kappa shape index (κ1) is 9.92. The van der Waals surface area contributed by atoms with Gasteiger partial charge in [0, 0.05) is 0 Å². The fourth-order valence-electron chi connectivity index (χ4n) is 2.10. The molecule has 2 nitrogen and oxygen atoms in total. The van der Waals surface area contributed by atoms with E-state index in [1.165, 1.54) is 5.56 Å². The van der Waals surface area contributed by atoms with E-state index in [4.69, 9.17) is 5.26 Å². The van der Waals surface area contributed by atoms with Gasteiger partial charge in [0.1, 0.15) is 0 Å². The average Bonchev–Trinajstić information content (AvgIpc) is 2.16. The third-order valence-corrected chi connectivity index (χ3v) is 2.64. The minimum absolute atomic E-state index is 0.0689. The molecule has 0 aromatic heterocycles. The molecule has 0 aliphatic carbocycles. The van der Waals surface area contributed by atoms with Gasteiger partial charge in [0.15, 0.2) is 0 Å². The van der Waals surface area contributed by atoms with Gasteiger partial charge in [0.05, 0.1) is 23.7 Å². The molecular weight excluding hydrogens is 184 g/mol. The van der Waals surface area contributed by atoms with Crippen LogP contribution >= 0.6 is 0 Å². The predicted molar refractivity (Wildman–Crippen MR) is 61.0 cm³/mol. The van der Waals surface area contributed by atoms with Crippen LogP contribution in [0.1, 0.15) is 31.4 Å². The summed E-state index contributed by atoms with van der Waals surface area (Å²) in [6.07, 6.45) is 1.36. The highest BCUT2D eigenvalue weighted by molar-refractivity contribution is 6.04. The van der Waals surface area contributed by atoms with Gasteiger partial charge in [0.2, 0.25) is 0 Å². The zero-order valence-electron chi connectivity index (χ0n) is 9.12. The highest BCUT2D eigenvalue weighted by Crippen LogP contribution is 2.27. The van der Waals surface area contributed by atoms with Crippen LogP contribution in [-0.2, 0) is 6.42 Å². The van der Waals surface area contributed by atoms with Crippen molar-refractivity contribution in [1.29, 1.82) is 5.26 Å². The van der Waals surface area contributed by atoms with Crippen LogP contribution in [0.2, 0.25) is 0 Å². The lowest BCUT2D eigenvalue weighted by atomic mass is 9.86. The van der Waals surface area contributed by atoms with Gasteiger partial charge in [0.25, 0.3) is 0 Å². The third kappa shape index (κ3) is 1.92. The minimum Gasteiger partial charge on any atom is -0.282 e. The van der Waals surface area contributed by atoms with Crippen LogP contribution in [0, 0.1) is 11.3 Å². The van der Waals surface area contributed by atoms with Crippen LogP contribution in [-0.4, -0.2) is 11.3 Å². The van der Waals surface area contributed by atoms with E-state index in [0.29, 0.717) is 6.42 Å². The van der Waals surface area contributed by atoms with Gasteiger partial charge in [-0.15, -0.1) is 0 Å². The third-order valence-electron chi connectivity index (χ3n) is 2.64.